The van der Waals surface area contributed by atoms with Gasteiger partial charge in [-0.1, -0.05) is 30.3 Å². The maximum Gasteiger partial charge on any atom is 0.125 e. The highest BCUT2D eigenvalue weighted by atomic mass is 19.1. The molecule has 3 nitrogen and oxygen atoms in total. The first-order valence-electron chi connectivity index (χ1n) is 9.32. The zero-order valence-corrected chi connectivity index (χ0v) is 14.9. The Morgan fingerprint density at radius 1 is 1.12 bits per heavy atom. The summed E-state index contributed by atoms with van der Waals surface area (Å²) < 4.78 is 13.4. The van der Waals surface area contributed by atoms with Crippen LogP contribution in [0.2, 0.25) is 0 Å². The quantitative estimate of drug-likeness (QED) is 0.717. The van der Waals surface area contributed by atoms with Crippen LogP contribution in [0.25, 0.3) is 10.9 Å². The molecular weight excluding hydrogens is 325 g/mol. The summed E-state index contributed by atoms with van der Waals surface area (Å²) in [5.41, 5.74) is 3.15. The van der Waals surface area contributed by atoms with Crippen molar-refractivity contribution in [1.29, 1.82) is 0 Å². The first kappa shape index (κ1) is 17.0. The lowest BCUT2D eigenvalue weighted by atomic mass is 10.1. The van der Waals surface area contributed by atoms with Crippen LogP contribution in [0.1, 0.15) is 12.0 Å². The van der Waals surface area contributed by atoms with E-state index in [1.54, 1.807) is 12.3 Å². The third-order valence-electron chi connectivity index (χ3n) is 5.22. The zero-order chi connectivity index (χ0) is 17.8. The van der Waals surface area contributed by atoms with Crippen LogP contribution >= 0.6 is 0 Å². The Bertz CT molecular complexity index is 866. The molecule has 1 unspecified atom stereocenters. The molecule has 0 aliphatic carbocycles. The summed E-state index contributed by atoms with van der Waals surface area (Å²) >= 11 is 0. The van der Waals surface area contributed by atoms with E-state index >= 15 is 0 Å². The van der Waals surface area contributed by atoms with Gasteiger partial charge < -0.3 is 10.2 Å². The summed E-state index contributed by atoms with van der Waals surface area (Å²) in [6.45, 7) is 4.37. The number of halogens is 1. The van der Waals surface area contributed by atoms with Crippen LogP contribution in [-0.2, 0) is 6.42 Å². The number of hydrogen-bond acceptors (Lipinski definition) is 3. The summed E-state index contributed by atoms with van der Waals surface area (Å²) in [4.78, 5) is 6.81. The summed E-state index contributed by atoms with van der Waals surface area (Å²) in [7, 11) is 0. The van der Waals surface area contributed by atoms with E-state index in [9.17, 15) is 4.39 Å². The highest BCUT2D eigenvalue weighted by molar-refractivity contribution is 5.90. The lowest BCUT2D eigenvalue weighted by Gasteiger charge is -2.17. The smallest absolute Gasteiger partial charge is 0.125 e. The van der Waals surface area contributed by atoms with Crippen molar-refractivity contribution in [1.82, 2.24) is 9.88 Å². The van der Waals surface area contributed by atoms with Crippen molar-refractivity contribution in [2.75, 3.05) is 31.5 Å². The number of fused-ring (bicyclic) bond motifs is 1. The summed E-state index contributed by atoms with van der Waals surface area (Å²) in [5.74, 6) is 0.404. The number of nitrogens with one attached hydrogen (secondary N) is 1. The molecular formula is C22H24FN3. The van der Waals surface area contributed by atoms with Crippen LogP contribution < -0.4 is 5.32 Å². The van der Waals surface area contributed by atoms with Crippen molar-refractivity contribution >= 4 is 16.6 Å². The van der Waals surface area contributed by atoms with Crippen LogP contribution in [0.15, 0.2) is 60.8 Å². The minimum absolute atomic E-state index is 0.244. The zero-order valence-electron chi connectivity index (χ0n) is 14.9. The third kappa shape index (κ3) is 4.02. The largest absolute Gasteiger partial charge is 0.384 e. The van der Waals surface area contributed by atoms with Gasteiger partial charge in [0.25, 0.3) is 0 Å². The molecule has 1 aliphatic heterocycles. The molecule has 0 radical (unpaired) electrons. The molecule has 134 valence electrons. The van der Waals surface area contributed by atoms with E-state index in [2.05, 4.69) is 45.5 Å². The van der Waals surface area contributed by atoms with E-state index in [-0.39, 0.29) is 5.82 Å². The maximum atomic E-state index is 13.4. The van der Waals surface area contributed by atoms with Crippen LogP contribution in [0, 0.1) is 11.7 Å². The van der Waals surface area contributed by atoms with Gasteiger partial charge in [0.05, 0.1) is 5.52 Å². The molecule has 1 fully saturated rings. The van der Waals surface area contributed by atoms with Crippen molar-refractivity contribution in [3.05, 3.63) is 72.2 Å². The van der Waals surface area contributed by atoms with Gasteiger partial charge in [-0.25, -0.2) is 4.39 Å². The number of aromatic nitrogens is 1. The van der Waals surface area contributed by atoms with Crippen LogP contribution in [0.4, 0.5) is 10.1 Å². The van der Waals surface area contributed by atoms with Crippen LogP contribution in [0.3, 0.4) is 0 Å². The van der Waals surface area contributed by atoms with Crippen molar-refractivity contribution in [2.45, 2.75) is 12.8 Å². The van der Waals surface area contributed by atoms with E-state index in [1.165, 1.54) is 30.7 Å². The molecule has 2 heterocycles. The second-order valence-electron chi connectivity index (χ2n) is 7.09. The van der Waals surface area contributed by atoms with Gasteiger partial charge in [0.2, 0.25) is 0 Å². The van der Waals surface area contributed by atoms with Gasteiger partial charge in [-0.2, -0.15) is 0 Å². The van der Waals surface area contributed by atoms with Gasteiger partial charge in [-0.15, -0.1) is 0 Å². The molecule has 3 aromatic rings. The lowest BCUT2D eigenvalue weighted by molar-refractivity contribution is 0.330. The average Bonchev–Trinajstić information content (AvgIpc) is 3.13. The second-order valence-corrected chi connectivity index (χ2v) is 7.09. The summed E-state index contributed by atoms with van der Waals surface area (Å²) in [6, 6.07) is 17.5. The SMILES string of the molecule is Fc1ccc2c(NCC3CCN(CCc4ccccc4)C3)ccnc2c1. The van der Waals surface area contributed by atoms with Gasteiger partial charge in [0, 0.05) is 43.0 Å². The van der Waals surface area contributed by atoms with Gasteiger partial charge in [-0.05, 0) is 49.1 Å². The number of benzene rings is 2. The van der Waals surface area contributed by atoms with Crippen molar-refractivity contribution < 1.29 is 4.39 Å². The first-order chi connectivity index (χ1) is 12.8. The fraction of sp³-hybridized carbons (Fsp3) is 0.318. The molecule has 0 bridgehead atoms. The number of anilines is 1. The molecule has 0 spiro atoms. The highest BCUT2D eigenvalue weighted by Gasteiger charge is 2.22. The molecule has 1 aliphatic rings. The maximum absolute atomic E-state index is 13.4. The predicted molar refractivity (Wildman–Crippen MR) is 105 cm³/mol. The second kappa shape index (κ2) is 7.83. The molecule has 2 aromatic carbocycles. The van der Waals surface area contributed by atoms with Gasteiger partial charge >= 0.3 is 0 Å². The molecule has 4 heteroatoms. The summed E-state index contributed by atoms with van der Waals surface area (Å²) in [6.07, 6.45) is 4.08. The number of rotatable bonds is 6. The van der Waals surface area contributed by atoms with Crippen molar-refractivity contribution in [2.24, 2.45) is 5.92 Å². The summed E-state index contributed by atoms with van der Waals surface area (Å²) in [5, 5.41) is 4.53. The third-order valence-corrected chi connectivity index (χ3v) is 5.22. The van der Waals surface area contributed by atoms with Gasteiger partial charge in [0.1, 0.15) is 5.82 Å². The molecule has 1 aromatic heterocycles. The van der Waals surface area contributed by atoms with Gasteiger partial charge in [-0.3, -0.25) is 4.98 Å². The Morgan fingerprint density at radius 2 is 2.00 bits per heavy atom. The van der Waals surface area contributed by atoms with Crippen LogP contribution in [-0.4, -0.2) is 36.1 Å². The average molecular weight is 349 g/mol. The van der Waals surface area contributed by atoms with E-state index in [0.29, 0.717) is 11.4 Å². The number of pyridine rings is 1. The molecule has 0 saturated carbocycles. The van der Waals surface area contributed by atoms with Crippen LogP contribution in [0.5, 0.6) is 0 Å². The monoisotopic (exact) mass is 349 g/mol. The molecule has 26 heavy (non-hydrogen) atoms. The standard InChI is InChI=1S/C22H24FN3/c23-19-6-7-20-21(8-11-24-22(20)14-19)25-15-18-10-13-26(16-18)12-9-17-4-2-1-3-5-17/h1-8,11,14,18H,9-10,12-13,15-16H2,(H,24,25). The molecule has 0 amide bonds. The number of hydrogen-bond donors (Lipinski definition) is 1. The number of nitrogens with zero attached hydrogens (tertiary/aromatic N) is 2. The normalized spacial score (nSPS) is 17.7. The van der Waals surface area contributed by atoms with E-state index < -0.39 is 0 Å². The topological polar surface area (TPSA) is 28.2 Å². The molecule has 1 atom stereocenters. The molecule has 1 saturated heterocycles. The van der Waals surface area contributed by atoms with Crippen molar-refractivity contribution in [3.63, 3.8) is 0 Å². The Labute approximate surface area is 153 Å². The van der Waals surface area contributed by atoms with E-state index in [1.807, 2.05) is 6.07 Å². The minimum Gasteiger partial charge on any atom is -0.384 e. The van der Waals surface area contributed by atoms with E-state index in [0.717, 1.165) is 37.1 Å². The minimum atomic E-state index is -0.244. The number of likely N-dealkylation sites (tertiary alicyclic amines) is 1. The predicted octanol–water partition coefficient (Wildman–Crippen LogP) is 4.35. The molecule has 1 N–H and O–H groups in total. The lowest BCUT2D eigenvalue weighted by Crippen LogP contribution is -2.25. The Hall–Kier alpha value is -2.46. The van der Waals surface area contributed by atoms with Gasteiger partial charge in [0.15, 0.2) is 0 Å². The first-order valence-corrected chi connectivity index (χ1v) is 9.32. The Balaban J connectivity index is 1.31. The fourth-order valence-electron chi connectivity index (χ4n) is 3.74. The highest BCUT2D eigenvalue weighted by Crippen LogP contribution is 2.24. The fourth-order valence-corrected chi connectivity index (χ4v) is 3.74. The molecule has 4 rings (SSSR count). The van der Waals surface area contributed by atoms with Crippen molar-refractivity contribution in [3.8, 4) is 0 Å². The Morgan fingerprint density at radius 3 is 2.88 bits per heavy atom. The van der Waals surface area contributed by atoms with E-state index in [4.69, 9.17) is 0 Å². The Kier molecular flexibility index (Phi) is 5.12.